The molecule has 3 nitrogen and oxygen atoms in total. The van der Waals surface area contributed by atoms with Crippen LogP contribution in [-0.2, 0) is 17.8 Å². The maximum absolute atomic E-state index is 11.4. The van der Waals surface area contributed by atoms with Crippen LogP contribution in [-0.4, -0.2) is 22.8 Å². The molecule has 13 heavy (non-hydrogen) atoms. The van der Waals surface area contributed by atoms with Crippen LogP contribution in [0.1, 0.15) is 16.8 Å². The summed E-state index contributed by atoms with van der Waals surface area (Å²) in [7, 11) is 1.83. The van der Waals surface area contributed by atoms with Gasteiger partial charge >= 0.3 is 0 Å². The lowest BCUT2D eigenvalue weighted by Gasteiger charge is -2.25. The summed E-state index contributed by atoms with van der Waals surface area (Å²) >= 11 is 0. The molecule has 0 saturated heterocycles. The number of aromatic nitrogens is 1. The lowest BCUT2D eigenvalue weighted by molar-refractivity contribution is -0.130. The molecule has 0 bridgehead atoms. The third-order valence-electron chi connectivity index (χ3n) is 2.53. The number of carbonyl (C=O) groups is 1. The minimum absolute atomic E-state index is 0.193. The summed E-state index contributed by atoms with van der Waals surface area (Å²) in [6.45, 7) is 2.69. The summed E-state index contributed by atoms with van der Waals surface area (Å²) in [5.74, 6) is 0.193. The summed E-state index contributed by atoms with van der Waals surface area (Å²) in [6, 6.07) is 1.94. The quantitative estimate of drug-likeness (QED) is 0.588. The maximum atomic E-state index is 11.4. The number of aryl methyl sites for hydroxylation is 1. The van der Waals surface area contributed by atoms with Crippen molar-refractivity contribution in [2.75, 3.05) is 7.05 Å². The number of pyridine rings is 1. The van der Waals surface area contributed by atoms with Gasteiger partial charge in [-0.25, -0.2) is 0 Å². The van der Waals surface area contributed by atoms with Crippen LogP contribution in [0.25, 0.3) is 0 Å². The summed E-state index contributed by atoms with van der Waals surface area (Å²) in [5, 5.41) is 0. The molecule has 0 aliphatic carbocycles. The second-order valence-electron chi connectivity index (χ2n) is 3.46. The van der Waals surface area contributed by atoms with Gasteiger partial charge in [-0.05, 0) is 24.1 Å². The molecule has 0 saturated carbocycles. The highest BCUT2D eigenvalue weighted by atomic mass is 16.2. The fourth-order valence-corrected chi connectivity index (χ4v) is 1.65. The zero-order valence-electron chi connectivity index (χ0n) is 7.87. The van der Waals surface area contributed by atoms with Gasteiger partial charge in [-0.1, -0.05) is 0 Å². The first-order valence-corrected chi connectivity index (χ1v) is 4.36. The average Bonchev–Trinajstić information content (AvgIpc) is 2.09. The van der Waals surface area contributed by atoms with Crippen molar-refractivity contribution in [3.8, 4) is 0 Å². The van der Waals surface area contributed by atoms with Crippen LogP contribution < -0.4 is 0 Å². The lowest BCUT2D eigenvalue weighted by atomic mass is 9.99. The Labute approximate surface area is 77.4 Å². The maximum Gasteiger partial charge on any atom is 0.227 e. The van der Waals surface area contributed by atoms with Gasteiger partial charge in [0.05, 0.1) is 6.42 Å². The Kier molecular flexibility index (Phi) is 1.79. The first-order valence-electron chi connectivity index (χ1n) is 4.36. The van der Waals surface area contributed by atoms with E-state index in [2.05, 4.69) is 4.98 Å². The summed E-state index contributed by atoms with van der Waals surface area (Å²) < 4.78 is 0. The van der Waals surface area contributed by atoms with Gasteiger partial charge in [0.1, 0.15) is 0 Å². The van der Waals surface area contributed by atoms with Crippen molar-refractivity contribution in [1.82, 2.24) is 9.88 Å². The predicted octanol–water partition coefficient (Wildman–Crippen LogP) is 0.905. The molecule has 68 valence electrons. The molecule has 2 heterocycles. The van der Waals surface area contributed by atoms with Crippen molar-refractivity contribution < 1.29 is 4.79 Å². The number of rotatable bonds is 0. The summed E-state index contributed by atoms with van der Waals surface area (Å²) in [6.07, 6.45) is 2.29. The van der Waals surface area contributed by atoms with Crippen molar-refractivity contribution >= 4 is 5.91 Å². The van der Waals surface area contributed by atoms with E-state index in [1.165, 1.54) is 5.56 Å². The molecule has 0 fully saturated rings. The van der Waals surface area contributed by atoms with E-state index in [1.54, 1.807) is 11.1 Å². The molecule has 1 aromatic heterocycles. The Balaban J connectivity index is 2.48. The zero-order chi connectivity index (χ0) is 9.42. The molecule has 1 aromatic rings. The van der Waals surface area contributed by atoms with Gasteiger partial charge in [0.25, 0.3) is 0 Å². The topological polar surface area (TPSA) is 33.2 Å². The number of carbonyl (C=O) groups excluding carboxylic acids is 1. The number of fused-ring (bicyclic) bond motifs is 1. The van der Waals surface area contributed by atoms with E-state index >= 15 is 0 Å². The number of hydrogen-bond donors (Lipinski definition) is 0. The summed E-state index contributed by atoms with van der Waals surface area (Å²) in [4.78, 5) is 17.3. The molecule has 0 atom stereocenters. The van der Waals surface area contributed by atoms with Crippen LogP contribution in [0.15, 0.2) is 12.3 Å². The van der Waals surface area contributed by atoms with Crippen molar-refractivity contribution in [3.05, 3.63) is 29.1 Å². The van der Waals surface area contributed by atoms with E-state index in [9.17, 15) is 4.79 Å². The highest BCUT2D eigenvalue weighted by Crippen LogP contribution is 2.19. The Hall–Kier alpha value is -1.38. The van der Waals surface area contributed by atoms with Crippen molar-refractivity contribution in [3.63, 3.8) is 0 Å². The largest absolute Gasteiger partial charge is 0.341 e. The van der Waals surface area contributed by atoms with Gasteiger partial charge in [-0.2, -0.15) is 0 Å². The summed E-state index contributed by atoms with van der Waals surface area (Å²) in [5.41, 5.74) is 3.39. The molecule has 2 rings (SSSR count). The van der Waals surface area contributed by atoms with Crippen molar-refractivity contribution in [1.29, 1.82) is 0 Å². The fraction of sp³-hybridized carbons (Fsp3) is 0.400. The lowest BCUT2D eigenvalue weighted by Crippen LogP contribution is -2.33. The van der Waals surface area contributed by atoms with Gasteiger partial charge < -0.3 is 4.90 Å². The molecular formula is C10H12N2O. The molecule has 0 unspecified atom stereocenters. The van der Waals surface area contributed by atoms with Crippen LogP contribution in [0.4, 0.5) is 0 Å². The number of likely N-dealkylation sites (N-methyl/N-ethyl adjacent to an activating group) is 1. The second-order valence-corrected chi connectivity index (χ2v) is 3.46. The molecular weight excluding hydrogens is 164 g/mol. The minimum atomic E-state index is 0.193. The Morgan fingerprint density at radius 1 is 1.54 bits per heavy atom. The Bertz CT molecular complexity index is 360. The second kappa shape index (κ2) is 2.83. The molecule has 1 aliphatic heterocycles. The monoisotopic (exact) mass is 176 g/mol. The first kappa shape index (κ1) is 8.23. The third-order valence-corrected chi connectivity index (χ3v) is 2.53. The van der Waals surface area contributed by atoms with Crippen molar-refractivity contribution in [2.45, 2.75) is 19.9 Å². The highest BCUT2D eigenvalue weighted by Gasteiger charge is 2.20. The van der Waals surface area contributed by atoms with Crippen LogP contribution in [0.3, 0.4) is 0 Å². The molecule has 1 aliphatic rings. The SMILES string of the molecule is Cc1nccc2c1CN(C)C(=O)C2. The Morgan fingerprint density at radius 3 is 3.08 bits per heavy atom. The van der Waals surface area contributed by atoms with E-state index in [1.807, 2.05) is 20.0 Å². The molecule has 0 N–H and O–H groups in total. The number of nitrogens with zero attached hydrogens (tertiary/aromatic N) is 2. The third kappa shape index (κ3) is 1.30. The van der Waals surface area contributed by atoms with Crippen molar-refractivity contribution in [2.24, 2.45) is 0 Å². The predicted molar refractivity (Wildman–Crippen MR) is 49.2 cm³/mol. The van der Waals surface area contributed by atoms with Crippen LogP contribution in [0, 0.1) is 6.92 Å². The molecule has 1 amide bonds. The van der Waals surface area contributed by atoms with E-state index in [4.69, 9.17) is 0 Å². The van der Waals surface area contributed by atoms with Crippen LogP contribution >= 0.6 is 0 Å². The minimum Gasteiger partial charge on any atom is -0.341 e. The first-order chi connectivity index (χ1) is 6.18. The average molecular weight is 176 g/mol. The van der Waals surface area contributed by atoms with Gasteiger partial charge in [0.2, 0.25) is 5.91 Å². The normalized spacial score (nSPS) is 15.8. The fourth-order valence-electron chi connectivity index (χ4n) is 1.65. The molecule has 0 spiro atoms. The van der Waals surface area contributed by atoms with E-state index < -0.39 is 0 Å². The van der Waals surface area contributed by atoms with Crippen LogP contribution in [0.5, 0.6) is 0 Å². The Morgan fingerprint density at radius 2 is 2.31 bits per heavy atom. The van der Waals surface area contributed by atoms with Gasteiger partial charge in [0, 0.05) is 25.5 Å². The van der Waals surface area contributed by atoms with E-state index in [0.717, 1.165) is 11.3 Å². The van der Waals surface area contributed by atoms with Crippen LogP contribution in [0.2, 0.25) is 0 Å². The number of amides is 1. The highest BCUT2D eigenvalue weighted by molar-refractivity contribution is 5.80. The van der Waals surface area contributed by atoms with Gasteiger partial charge in [-0.15, -0.1) is 0 Å². The van der Waals surface area contributed by atoms with E-state index in [0.29, 0.717) is 13.0 Å². The number of hydrogen-bond acceptors (Lipinski definition) is 2. The standard InChI is InChI=1S/C10H12N2O/c1-7-9-6-12(2)10(13)5-8(9)3-4-11-7/h3-4H,5-6H2,1-2H3. The zero-order valence-corrected chi connectivity index (χ0v) is 7.87. The van der Waals surface area contributed by atoms with Gasteiger partial charge in [-0.3, -0.25) is 9.78 Å². The molecule has 0 radical (unpaired) electrons. The van der Waals surface area contributed by atoms with E-state index in [-0.39, 0.29) is 5.91 Å². The molecule has 0 aromatic carbocycles. The van der Waals surface area contributed by atoms with Gasteiger partial charge in [0.15, 0.2) is 0 Å². The molecule has 3 heteroatoms. The smallest absolute Gasteiger partial charge is 0.227 e.